The van der Waals surface area contributed by atoms with Crippen molar-refractivity contribution in [3.8, 4) is 28.3 Å². The summed E-state index contributed by atoms with van der Waals surface area (Å²) in [5.74, 6) is -1.51. The first kappa shape index (κ1) is 20.1. The highest BCUT2D eigenvalue weighted by Crippen LogP contribution is 2.36. The van der Waals surface area contributed by atoms with Crippen molar-refractivity contribution in [1.29, 1.82) is 0 Å². The monoisotopic (exact) mass is 440 g/mol. The normalized spacial score (nSPS) is 10.9. The van der Waals surface area contributed by atoms with Crippen molar-refractivity contribution >= 4 is 29.2 Å². The molecule has 0 aliphatic rings. The predicted octanol–water partition coefficient (Wildman–Crippen LogP) is 6.66. The molecule has 7 heteroatoms. The summed E-state index contributed by atoms with van der Waals surface area (Å²) in [7, 11) is 0. The van der Waals surface area contributed by atoms with Gasteiger partial charge in [0.1, 0.15) is 11.6 Å². The van der Waals surface area contributed by atoms with Crippen LogP contribution in [0, 0.1) is 12.7 Å². The Labute approximate surface area is 182 Å². The van der Waals surface area contributed by atoms with E-state index in [9.17, 15) is 14.3 Å². The van der Waals surface area contributed by atoms with Gasteiger partial charge < -0.3 is 5.11 Å². The van der Waals surface area contributed by atoms with Crippen molar-refractivity contribution < 1.29 is 14.3 Å². The minimum atomic E-state index is -1.24. The van der Waals surface area contributed by atoms with Crippen LogP contribution in [0.1, 0.15) is 16.1 Å². The predicted molar refractivity (Wildman–Crippen MR) is 116 cm³/mol. The van der Waals surface area contributed by atoms with Crippen molar-refractivity contribution in [1.82, 2.24) is 9.55 Å². The summed E-state index contributed by atoms with van der Waals surface area (Å²) < 4.78 is 16.4. The second-order valence-electron chi connectivity index (χ2n) is 6.69. The van der Waals surface area contributed by atoms with Crippen LogP contribution in [0.5, 0.6) is 0 Å². The van der Waals surface area contributed by atoms with Crippen LogP contribution in [-0.4, -0.2) is 20.6 Å². The van der Waals surface area contributed by atoms with Crippen LogP contribution in [0.2, 0.25) is 10.0 Å². The lowest BCUT2D eigenvalue weighted by Gasteiger charge is -2.15. The van der Waals surface area contributed by atoms with E-state index < -0.39 is 11.8 Å². The van der Waals surface area contributed by atoms with Crippen molar-refractivity contribution in [3.05, 3.63) is 93.8 Å². The van der Waals surface area contributed by atoms with E-state index in [1.807, 2.05) is 31.2 Å². The maximum Gasteiger partial charge on any atom is 0.356 e. The fraction of sp³-hybridized carbons (Fsp3) is 0.0435. The minimum Gasteiger partial charge on any atom is -0.476 e. The Morgan fingerprint density at radius 2 is 1.73 bits per heavy atom. The Kier molecular flexibility index (Phi) is 5.33. The number of carbonyl (C=O) groups is 1. The number of nitrogens with zero attached hydrogens (tertiary/aromatic N) is 2. The summed E-state index contributed by atoms with van der Waals surface area (Å²) in [4.78, 5) is 16.5. The Bertz CT molecular complexity index is 1280. The molecule has 0 bridgehead atoms. The molecule has 3 aromatic carbocycles. The van der Waals surface area contributed by atoms with Crippen LogP contribution in [0.4, 0.5) is 4.39 Å². The number of aryl methyl sites for hydroxylation is 1. The van der Waals surface area contributed by atoms with Crippen LogP contribution < -0.4 is 0 Å². The maximum absolute atomic E-state index is 15.0. The number of aromatic nitrogens is 2. The Hall–Kier alpha value is -3.15. The van der Waals surface area contributed by atoms with Crippen molar-refractivity contribution in [2.24, 2.45) is 0 Å². The summed E-state index contributed by atoms with van der Waals surface area (Å²) in [6.07, 6.45) is 0. The molecule has 0 spiro atoms. The van der Waals surface area contributed by atoms with E-state index in [2.05, 4.69) is 4.98 Å². The van der Waals surface area contributed by atoms with Crippen LogP contribution in [0.3, 0.4) is 0 Å². The highest BCUT2D eigenvalue weighted by Gasteiger charge is 2.27. The Morgan fingerprint density at radius 1 is 1.00 bits per heavy atom. The molecule has 1 heterocycles. The van der Waals surface area contributed by atoms with E-state index in [4.69, 9.17) is 23.2 Å². The molecular formula is C23H15Cl2FN2O2. The number of imidazole rings is 1. The molecule has 0 saturated carbocycles. The van der Waals surface area contributed by atoms with Crippen molar-refractivity contribution in [3.63, 3.8) is 0 Å². The lowest BCUT2D eigenvalue weighted by molar-refractivity contribution is 0.0692. The molecule has 0 fully saturated rings. The standard InChI is InChI=1S/C23H15Cl2FN2O2/c1-13-5-2-3-8-17(13)22-27-20(23(29)30)21(14-6-4-7-15(24)11-14)28(22)19-12-16(25)9-10-18(19)26/h2-12H,1H3,(H,29,30). The van der Waals surface area contributed by atoms with Gasteiger partial charge in [0.25, 0.3) is 0 Å². The number of benzene rings is 3. The number of rotatable bonds is 4. The minimum absolute atomic E-state index is 0.0933. The molecule has 0 radical (unpaired) electrons. The van der Waals surface area contributed by atoms with Gasteiger partial charge in [-0.3, -0.25) is 4.57 Å². The first-order valence-corrected chi connectivity index (χ1v) is 9.76. The van der Waals surface area contributed by atoms with Gasteiger partial charge in [-0.05, 0) is 42.8 Å². The highest BCUT2D eigenvalue weighted by molar-refractivity contribution is 6.31. The third-order valence-electron chi connectivity index (χ3n) is 4.71. The van der Waals surface area contributed by atoms with Gasteiger partial charge in [0.2, 0.25) is 0 Å². The van der Waals surface area contributed by atoms with Gasteiger partial charge in [0.15, 0.2) is 5.69 Å². The number of hydrogen-bond acceptors (Lipinski definition) is 2. The van der Waals surface area contributed by atoms with Gasteiger partial charge in [-0.1, -0.05) is 59.6 Å². The van der Waals surface area contributed by atoms with Crippen molar-refractivity contribution in [2.75, 3.05) is 0 Å². The van der Waals surface area contributed by atoms with E-state index in [1.165, 1.54) is 22.8 Å². The molecule has 30 heavy (non-hydrogen) atoms. The van der Waals surface area contributed by atoms with Crippen LogP contribution in [-0.2, 0) is 0 Å². The van der Waals surface area contributed by atoms with Gasteiger partial charge in [-0.25, -0.2) is 14.2 Å². The lowest BCUT2D eigenvalue weighted by atomic mass is 10.1. The Balaban J connectivity index is 2.17. The Morgan fingerprint density at radius 3 is 2.43 bits per heavy atom. The van der Waals surface area contributed by atoms with Crippen LogP contribution >= 0.6 is 23.2 Å². The van der Waals surface area contributed by atoms with E-state index in [1.54, 1.807) is 24.3 Å². The summed E-state index contributed by atoms with van der Waals surface area (Å²) in [5.41, 5.74) is 2.12. The summed E-state index contributed by atoms with van der Waals surface area (Å²) in [6, 6.07) is 18.2. The second-order valence-corrected chi connectivity index (χ2v) is 7.57. The number of hydrogen-bond donors (Lipinski definition) is 1. The van der Waals surface area contributed by atoms with Crippen LogP contribution in [0.15, 0.2) is 66.7 Å². The third-order valence-corrected chi connectivity index (χ3v) is 5.18. The number of carboxylic acids is 1. The van der Waals surface area contributed by atoms with E-state index in [0.29, 0.717) is 27.0 Å². The number of halogens is 3. The first-order valence-electron chi connectivity index (χ1n) is 9.00. The number of aromatic carboxylic acids is 1. The topological polar surface area (TPSA) is 55.1 Å². The molecule has 4 rings (SSSR count). The van der Waals surface area contributed by atoms with Gasteiger partial charge in [-0.2, -0.15) is 0 Å². The van der Waals surface area contributed by atoms with Crippen LogP contribution in [0.25, 0.3) is 28.3 Å². The first-order chi connectivity index (χ1) is 14.4. The smallest absolute Gasteiger partial charge is 0.356 e. The van der Waals surface area contributed by atoms with Crippen molar-refractivity contribution in [2.45, 2.75) is 6.92 Å². The molecule has 1 N–H and O–H groups in total. The molecule has 4 aromatic rings. The second kappa shape index (κ2) is 7.94. The molecule has 1 aromatic heterocycles. The molecule has 4 nitrogen and oxygen atoms in total. The fourth-order valence-corrected chi connectivity index (χ4v) is 3.72. The fourth-order valence-electron chi connectivity index (χ4n) is 3.37. The molecule has 150 valence electrons. The molecule has 0 atom stereocenters. The SMILES string of the molecule is Cc1ccccc1-c1nc(C(=O)O)c(-c2cccc(Cl)c2)n1-c1cc(Cl)ccc1F. The average molecular weight is 441 g/mol. The molecule has 0 aliphatic carbocycles. The van der Waals surface area contributed by atoms with Gasteiger partial charge in [0.05, 0.1) is 11.4 Å². The van der Waals surface area contributed by atoms with Gasteiger partial charge >= 0.3 is 5.97 Å². The molecule has 0 amide bonds. The van der Waals surface area contributed by atoms with E-state index in [-0.39, 0.29) is 17.1 Å². The summed E-state index contributed by atoms with van der Waals surface area (Å²) in [5, 5.41) is 10.6. The number of carboxylic acid groups (broad SMARTS) is 1. The lowest BCUT2D eigenvalue weighted by Crippen LogP contribution is -2.05. The quantitative estimate of drug-likeness (QED) is 0.385. The third kappa shape index (κ3) is 3.58. The van der Waals surface area contributed by atoms with Gasteiger partial charge in [0, 0.05) is 21.2 Å². The zero-order chi connectivity index (χ0) is 21.4. The average Bonchev–Trinajstić information content (AvgIpc) is 3.10. The highest BCUT2D eigenvalue weighted by atomic mass is 35.5. The molecule has 0 aliphatic heterocycles. The maximum atomic E-state index is 15.0. The zero-order valence-corrected chi connectivity index (χ0v) is 17.2. The molecule has 0 saturated heterocycles. The van der Waals surface area contributed by atoms with Gasteiger partial charge in [-0.15, -0.1) is 0 Å². The summed E-state index contributed by atoms with van der Waals surface area (Å²) >= 11 is 12.3. The van der Waals surface area contributed by atoms with E-state index in [0.717, 1.165) is 5.56 Å². The largest absolute Gasteiger partial charge is 0.476 e. The molecule has 0 unspecified atom stereocenters. The molecular weight excluding hydrogens is 426 g/mol. The summed E-state index contributed by atoms with van der Waals surface area (Å²) in [6.45, 7) is 1.88. The zero-order valence-electron chi connectivity index (χ0n) is 15.7. The van der Waals surface area contributed by atoms with E-state index >= 15 is 0 Å².